The van der Waals surface area contributed by atoms with Crippen LogP contribution in [0.3, 0.4) is 0 Å². The molecule has 0 aliphatic heterocycles. The predicted molar refractivity (Wildman–Crippen MR) is 75.7 cm³/mol. The normalized spacial score (nSPS) is 12.8. The molecule has 2 rings (SSSR count). The van der Waals surface area contributed by atoms with Gasteiger partial charge in [-0.25, -0.2) is 4.98 Å². The first-order chi connectivity index (χ1) is 9.15. The van der Waals surface area contributed by atoms with E-state index >= 15 is 0 Å². The Morgan fingerprint density at radius 3 is 2.84 bits per heavy atom. The minimum Gasteiger partial charge on any atom is -0.335 e. The van der Waals surface area contributed by atoms with E-state index in [1.54, 1.807) is 0 Å². The second kappa shape index (κ2) is 6.02. The fourth-order valence-electron chi connectivity index (χ4n) is 2.42. The molecule has 2 N–H and O–H groups in total. The number of aryl methyl sites for hydroxylation is 3. The fourth-order valence-corrected chi connectivity index (χ4v) is 2.42. The number of hydrogen-bond donors (Lipinski definition) is 1. The number of imidazole rings is 1. The van der Waals surface area contributed by atoms with Gasteiger partial charge in [0, 0.05) is 50.2 Å². The van der Waals surface area contributed by atoms with E-state index < -0.39 is 0 Å². The number of aromatic nitrogens is 4. The van der Waals surface area contributed by atoms with Crippen LogP contribution in [-0.4, -0.2) is 19.3 Å². The molecule has 0 fully saturated rings. The lowest BCUT2D eigenvalue weighted by Gasteiger charge is -2.12. The lowest BCUT2D eigenvalue weighted by atomic mass is 10.0. The molecule has 1 atom stereocenters. The van der Waals surface area contributed by atoms with Crippen LogP contribution in [0.25, 0.3) is 0 Å². The Kier molecular flexibility index (Phi) is 4.37. The summed E-state index contributed by atoms with van der Waals surface area (Å²) in [4.78, 5) is 4.42. The number of hydrogen-bond acceptors (Lipinski definition) is 3. The molecular formula is C14H23N5. The fraction of sp³-hybridized carbons (Fsp3) is 0.571. The van der Waals surface area contributed by atoms with Crippen LogP contribution in [-0.2, 0) is 26.4 Å². The van der Waals surface area contributed by atoms with E-state index in [1.165, 1.54) is 0 Å². The van der Waals surface area contributed by atoms with Gasteiger partial charge in [-0.2, -0.15) is 5.10 Å². The Bertz CT molecular complexity index is 526. The number of nitrogens with two attached hydrogens (primary N) is 1. The van der Waals surface area contributed by atoms with Crippen molar-refractivity contribution in [3.05, 3.63) is 35.7 Å². The van der Waals surface area contributed by atoms with Gasteiger partial charge < -0.3 is 10.3 Å². The van der Waals surface area contributed by atoms with E-state index in [2.05, 4.69) is 28.5 Å². The van der Waals surface area contributed by atoms with Crippen LogP contribution in [0.4, 0.5) is 0 Å². The zero-order valence-electron chi connectivity index (χ0n) is 12.0. The molecule has 0 aliphatic carbocycles. The van der Waals surface area contributed by atoms with Crippen molar-refractivity contribution in [2.24, 2.45) is 12.8 Å². The van der Waals surface area contributed by atoms with E-state index in [4.69, 9.17) is 5.73 Å². The highest BCUT2D eigenvalue weighted by Crippen LogP contribution is 2.19. The third kappa shape index (κ3) is 3.04. The summed E-state index contributed by atoms with van der Waals surface area (Å²) in [5.74, 6) is 1.06. The lowest BCUT2D eigenvalue weighted by molar-refractivity contribution is 0.596. The highest BCUT2D eigenvalue weighted by molar-refractivity contribution is 5.22. The molecule has 0 amide bonds. The third-order valence-electron chi connectivity index (χ3n) is 3.34. The Morgan fingerprint density at radius 2 is 2.16 bits per heavy atom. The molecule has 1 unspecified atom stereocenters. The van der Waals surface area contributed by atoms with E-state index in [0.717, 1.165) is 42.9 Å². The summed E-state index contributed by atoms with van der Waals surface area (Å²) in [5.41, 5.74) is 8.56. The zero-order valence-corrected chi connectivity index (χ0v) is 12.0. The quantitative estimate of drug-likeness (QED) is 0.863. The van der Waals surface area contributed by atoms with Gasteiger partial charge in [0.2, 0.25) is 0 Å². The third-order valence-corrected chi connectivity index (χ3v) is 3.34. The van der Waals surface area contributed by atoms with Crippen molar-refractivity contribution in [1.82, 2.24) is 19.3 Å². The molecule has 0 saturated heterocycles. The highest BCUT2D eigenvalue weighted by Gasteiger charge is 2.16. The second-order valence-corrected chi connectivity index (χ2v) is 4.91. The van der Waals surface area contributed by atoms with Crippen LogP contribution >= 0.6 is 0 Å². The predicted octanol–water partition coefficient (Wildman–Crippen LogP) is 1.83. The summed E-state index contributed by atoms with van der Waals surface area (Å²) in [6.07, 6.45) is 8.67. The highest BCUT2D eigenvalue weighted by atomic mass is 15.3. The molecule has 104 valence electrons. The van der Waals surface area contributed by atoms with Gasteiger partial charge in [-0.15, -0.1) is 0 Å². The van der Waals surface area contributed by atoms with Crippen molar-refractivity contribution >= 4 is 0 Å². The maximum Gasteiger partial charge on any atom is 0.110 e. The standard InChI is InChI=1S/C14H23N5/c1-4-7-19-8-6-16-14(19)9-12(15)11-10-18(3)17-13(11)5-2/h6,8,10,12H,4-5,7,9,15H2,1-3H3. The average molecular weight is 261 g/mol. The number of nitrogens with zero attached hydrogens (tertiary/aromatic N) is 4. The van der Waals surface area contributed by atoms with Crippen LogP contribution in [0, 0.1) is 0 Å². The molecule has 0 bridgehead atoms. The summed E-state index contributed by atoms with van der Waals surface area (Å²) in [6, 6.07) is -0.0401. The van der Waals surface area contributed by atoms with Gasteiger partial charge in [0.15, 0.2) is 0 Å². The molecule has 2 aromatic heterocycles. The van der Waals surface area contributed by atoms with Gasteiger partial charge in [-0.3, -0.25) is 4.68 Å². The van der Waals surface area contributed by atoms with Crippen LogP contribution < -0.4 is 5.73 Å². The van der Waals surface area contributed by atoms with Crippen LogP contribution in [0.5, 0.6) is 0 Å². The van der Waals surface area contributed by atoms with Crippen molar-refractivity contribution in [2.75, 3.05) is 0 Å². The van der Waals surface area contributed by atoms with Crippen molar-refractivity contribution in [1.29, 1.82) is 0 Å². The van der Waals surface area contributed by atoms with Gasteiger partial charge in [-0.05, 0) is 12.8 Å². The van der Waals surface area contributed by atoms with Gasteiger partial charge in [0.25, 0.3) is 0 Å². The average Bonchev–Trinajstić information content (AvgIpc) is 2.97. The second-order valence-electron chi connectivity index (χ2n) is 4.91. The number of rotatable bonds is 6. The topological polar surface area (TPSA) is 61.7 Å². The van der Waals surface area contributed by atoms with E-state index in [-0.39, 0.29) is 6.04 Å². The molecule has 0 aromatic carbocycles. The van der Waals surface area contributed by atoms with Gasteiger partial charge >= 0.3 is 0 Å². The van der Waals surface area contributed by atoms with E-state index in [0.29, 0.717) is 0 Å². The summed E-state index contributed by atoms with van der Waals surface area (Å²) >= 11 is 0. The van der Waals surface area contributed by atoms with E-state index in [1.807, 2.05) is 30.3 Å². The molecule has 2 heterocycles. The lowest BCUT2D eigenvalue weighted by Crippen LogP contribution is -2.17. The van der Waals surface area contributed by atoms with E-state index in [9.17, 15) is 0 Å². The Labute approximate surface area is 114 Å². The molecule has 0 radical (unpaired) electrons. The smallest absolute Gasteiger partial charge is 0.110 e. The SMILES string of the molecule is CCCn1ccnc1CC(N)c1cn(C)nc1CC. The molecule has 19 heavy (non-hydrogen) atoms. The van der Waals surface area contributed by atoms with Crippen molar-refractivity contribution in [3.8, 4) is 0 Å². The monoisotopic (exact) mass is 261 g/mol. The molecule has 0 spiro atoms. The van der Waals surface area contributed by atoms with Gasteiger partial charge in [0.05, 0.1) is 5.69 Å². The maximum absolute atomic E-state index is 6.33. The maximum atomic E-state index is 6.33. The Hall–Kier alpha value is -1.62. The molecule has 5 nitrogen and oxygen atoms in total. The Morgan fingerprint density at radius 1 is 1.37 bits per heavy atom. The first kappa shape index (κ1) is 13.8. The van der Waals surface area contributed by atoms with Crippen LogP contribution in [0.15, 0.2) is 18.6 Å². The summed E-state index contributed by atoms with van der Waals surface area (Å²) in [5, 5.41) is 4.45. The largest absolute Gasteiger partial charge is 0.335 e. The van der Waals surface area contributed by atoms with Crippen molar-refractivity contribution < 1.29 is 0 Å². The first-order valence-corrected chi connectivity index (χ1v) is 6.93. The Balaban J connectivity index is 2.15. The summed E-state index contributed by atoms with van der Waals surface area (Å²) in [7, 11) is 1.94. The van der Waals surface area contributed by atoms with Crippen LogP contribution in [0.2, 0.25) is 0 Å². The summed E-state index contributed by atoms with van der Waals surface area (Å²) < 4.78 is 4.02. The van der Waals surface area contributed by atoms with Gasteiger partial charge in [-0.1, -0.05) is 13.8 Å². The summed E-state index contributed by atoms with van der Waals surface area (Å²) in [6.45, 7) is 5.27. The van der Waals surface area contributed by atoms with Gasteiger partial charge in [0.1, 0.15) is 5.82 Å². The van der Waals surface area contributed by atoms with Crippen molar-refractivity contribution in [2.45, 2.75) is 45.7 Å². The van der Waals surface area contributed by atoms with Crippen molar-refractivity contribution in [3.63, 3.8) is 0 Å². The zero-order chi connectivity index (χ0) is 13.8. The minimum absolute atomic E-state index is 0.0401. The molecule has 0 saturated carbocycles. The molecular weight excluding hydrogens is 238 g/mol. The molecule has 2 aromatic rings. The minimum atomic E-state index is -0.0401. The molecule has 0 aliphatic rings. The first-order valence-electron chi connectivity index (χ1n) is 6.93. The molecule has 5 heteroatoms. The van der Waals surface area contributed by atoms with Crippen LogP contribution in [0.1, 0.15) is 43.4 Å².